The molecule has 0 aliphatic carbocycles. The van der Waals surface area contributed by atoms with Crippen LogP contribution in [0.2, 0.25) is 0 Å². The van der Waals surface area contributed by atoms with Crippen LogP contribution in [0.3, 0.4) is 0 Å². The molecule has 3 N–H and O–H groups in total. The molecule has 1 heterocycles. The number of carbonyl (C=O) groups is 1. The van der Waals surface area contributed by atoms with Crippen LogP contribution in [-0.2, 0) is 0 Å². The van der Waals surface area contributed by atoms with E-state index < -0.39 is 11.7 Å². The lowest BCUT2D eigenvalue weighted by molar-refractivity contribution is 0.0811. The van der Waals surface area contributed by atoms with Gasteiger partial charge in [0.25, 0.3) is 5.91 Å². The maximum Gasteiger partial charge on any atom is 0.255 e. The predicted octanol–water partition coefficient (Wildman–Crippen LogP) is 2.12. The maximum atomic E-state index is 13.5. The van der Waals surface area contributed by atoms with Gasteiger partial charge in [0.15, 0.2) is 11.5 Å². The monoisotopic (exact) mass is 360 g/mol. The summed E-state index contributed by atoms with van der Waals surface area (Å²) < 4.78 is 30.4. The van der Waals surface area contributed by atoms with Gasteiger partial charge in [0.05, 0.1) is 5.56 Å². The van der Waals surface area contributed by atoms with Crippen molar-refractivity contribution in [1.82, 2.24) is 5.32 Å². The summed E-state index contributed by atoms with van der Waals surface area (Å²) >= 11 is 0. The third-order valence-electron chi connectivity index (χ3n) is 3.88. The fourth-order valence-corrected chi connectivity index (χ4v) is 2.62. The van der Waals surface area contributed by atoms with Crippen LogP contribution in [0.4, 0.5) is 4.39 Å². The van der Waals surface area contributed by atoms with Gasteiger partial charge in [-0.15, -0.1) is 0 Å². The molecular formula is C19H21FN2O4. The number of fused-ring (bicyclic) bond motifs is 1. The smallest absolute Gasteiger partial charge is 0.255 e. The van der Waals surface area contributed by atoms with Crippen LogP contribution in [-0.4, -0.2) is 38.3 Å². The molecule has 0 spiro atoms. The number of rotatable bonds is 7. The van der Waals surface area contributed by atoms with Crippen molar-refractivity contribution in [3.05, 3.63) is 53.8 Å². The Balaban J connectivity index is 1.54. The van der Waals surface area contributed by atoms with Crippen LogP contribution >= 0.6 is 0 Å². The first-order chi connectivity index (χ1) is 12.7. The van der Waals surface area contributed by atoms with Gasteiger partial charge in [-0.1, -0.05) is 12.1 Å². The molecule has 1 atom stereocenters. The Kier molecular flexibility index (Phi) is 5.91. The van der Waals surface area contributed by atoms with Crippen LogP contribution in [0.15, 0.2) is 42.5 Å². The van der Waals surface area contributed by atoms with E-state index in [0.29, 0.717) is 43.4 Å². The van der Waals surface area contributed by atoms with Crippen LogP contribution < -0.4 is 25.3 Å². The summed E-state index contributed by atoms with van der Waals surface area (Å²) in [7, 11) is 0. The van der Waals surface area contributed by atoms with Crippen LogP contribution in [0.25, 0.3) is 0 Å². The Labute approximate surface area is 151 Å². The van der Waals surface area contributed by atoms with Gasteiger partial charge in [-0.3, -0.25) is 4.79 Å². The Morgan fingerprint density at radius 2 is 2.08 bits per heavy atom. The fraction of sp³-hybridized carbons (Fsp3) is 0.316. The van der Waals surface area contributed by atoms with E-state index in [1.54, 1.807) is 0 Å². The maximum absolute atomic E-state index is 13.5. The molecule has 0 saturated carbocycles. The Morgan fingerprint density at radius 1 is 1.27 bits per heavy atom. The standard InChI is InChI=1S/C19H21FN2O4/c20-13-5-6-16(24-10-8-21)15(11-13)19(23)22-9-7-14-12-25-17-3-1-2-4-18(17)26-14/h1-6,11,14H,7-10,12,21H2,(H,22,23)/t14-/m0/s1. The molecular weight excluding hydrogens is 339 g/mol. The molecule has 26 heavy (non-hydrogen) atoms. The number of nitrogens with one attached hydrogen (secondary N) is 1. The molecule has 1 aliphatic rings. The lowest BCUT2D eigenvalue weighted by atomic mass is 10.1. The Morgan fingerprint density at radius 3 is 2.88 bits per heavy atom. The minimum atomic E-state index is -0.504. The van der Waals surface area contributed by atoms with Gasteiger partial charge in [0.1, 0.15) is 30.9 Å². The minimum absolute atomic E-state index is 0.143. The molecule has 0 fully saturated rings. The first-order valence-electron chi connectivity index (χ1n) is 8.46. The normalized spacial score (nSPS) is 15.4. The summed E-state index contributed by atoms with van der Waals surface area (Å²) in [6.45, 7) is 1.33. The molecule has 138 valence electrons. The minimum Gasteiger partial charge on any atom is -0.491 e. The first kappa shape index (κ1) is 18.0. The number of carbonyl (C=O) groups excluding carboxylic acids is 1. The summed E-state index contributed by atoms with van der Waals surface area (Å²) in [5.74, 6) is 0.803. The van der Waals surface area contributed by atoms with E-state index in [1.807, 2.05) is 24.3 Å². The van der Waals surface area contributed by atoms with E-state index in [0.717, 1.165) is 6.07 Å². The highest BCUT2D eigenvalue weighted by atomic mass is 19.1. The van der Waals surface area contributed by atoms with Crippen molar-refractivity contribution in [3.8, 4) is 17.2 Å². The molecule has 0 radical (unpaired) electrons. The lowest BCUT2D eigenvalue weighted by Crippen LogP contribution is -2.34. The number of amides is 1. The van der Waals surface area contributed by atoms with Crippen LogP contribution in [0.1, 0.15) is 16.8 Å². The van der Waals surface area contributed by atoms with Gasteiger partial charge in [0, 0.05) is 19.5 Å². The highest BCUT2D eigenvalue weighted by molar-refractivity contribution is 5.96. The van der Waals surface area contributed by atoms with Crippen LogP contribution in [0, 0.1) is 5.82 Å². The zero-order valence-corrected chi connectivity index (χ0v) is 14.2. The number of hydrogen-bond acceptors (Lipinski definition) is 5. The average Bonchev–Trinajstić information content (AvgIpc) is 2.66. The Bertz CT molecular complexity index is 769. The number of benzene rings is 2. The topological polar surface area (TPSA) is 82.8 Å². The van der Waals surface area contributed by atoms with Gasteiger partial charge >= 0.3 is 0 Å². The number of halogens is 1. The van der Waals surface area contributed by atoms with Gasteiger partial charge in [-0.05, 0) is 30.3 Å². The summed E-state index contributed by atoms with van der Waals surface area (Å²) in [5.41, 5.74) is 5.55. The zero-order valence-electron chi connectivity index (χ0n) is 14.2. The van der Waals surface area contributed by atoms with Crippen molar-refractivity contribution in [2.75, 3.05) is 26.3 Å². The van der Waals surface area contributed by atoms with Crippen molar-refractivity contribution in [2.24, 2.45) is 5.73 Å². The van der Waals surface area contributed by atoms with Gasteiger partial charge in [-0.25, -0.2) is 4.39 Å². The number of ether oxygens (including phenoxy) is 3. The van der Waals surface area contributed by atoms with Crippen molar-refractivity contribution < 1.29 is 23.4 Å². The van der Waals surface area contributed by atoms with E-state index in [4.69, 9.17) is 19.9 Å². The van der Waals surface area contributed by atoms with E-state index in [2.05, 4.69) is 5.32 Å². The van der Waals surface area contributed by atoms with E-state index in [-0.39, 0.29) is 18.3 Å². The van der Waals surface area contributed by atoms with E-state index in [9.17, 15) is 9.18 Å². The highest BCUT2D eigenvalue weighted by Gasteiger charge is 2.21. The van der Waals surface area contributed by atoms with E-state index in [1.165, 1.54) is 12.1 Å². The summed E-state index contributed by atoms with van der Waals surface area (Å²) in [5, 5.41) is 2.76. The third-order valence-corrected chi connectivity index (χ3v) is 3.88. The third kappa shape index (κ3) is 4.43. The second-order valence-corrected chi connectivity index (χ2v) is 5.82. The van der Waals surface area contributed by atoms with Gasteiger partial charge in [-0.2, -0.15) is 0 Å². The van der Waals surface area contributed by atoms with Crippen molar-refractivity contribution in [1.29, 1.82) is 0 Å². The second-order valence-electron chi connectivity index (χ2n) is 5.82. The molecule has 2 aromatic carbocycles. The molecule has 0 bridgehead atoms. The van der Waals surface area contributed by atoms with Crippen LogP contribution in [0.5, 0.6) is 17.2 Å². The largest absolute Gasteiger partial charge is 0.491 e. The molecule has 0 saturated heterocycles. The number of hydrogen-bond donors (Lipinski definition) is 2. The van der Waals surface area contributed by atoms with Crippen molar-refractivity contribution >= 4 is 5.91 Å². The van der Waals surface area contributed by atoms with Crippen molar-refractivity contribution in [3.63, 3.8) is 0 Å². The van der Waals surface area contributed by atoms with Gasteiger partial charge < -0.3 is 25.3 Å². The first-order valence-corrected chi connectivity index (χ1v) is 8.46. The average molecular weight is 360 g/mol. The SMILES string of the molecule is NCCOc1ccc(F)cc1C(=O)NCC[C@H]1COc2ccccc2O1. The quantitative estimate of drug-likeness (QED) is 0.790. The molecule has 7 heteroatoms. The van der Waals surface area contributed by atoms with Gasteiger partial charge in [0.2, 0.25) is 0 Å². The number of para-hydroxylation sites is 2. The molecule has 0 unspecified atom stereocenters. The zero-order chi connectivity index (χ0) is 18.4. The van der Waals surface area contributed by atoms with Crippen molar-refractivity contribution in [2.45, 2.75) is 12.5 Å². The highest BCUT2D eigenvalue weighted by Crippen LogP contribution is 2.31. The molecule has 1 amide bonds. The molecule has 3 rings (SSSR count). The molecule has 6 nitrogen and oxygen atoms in total. The predicted molar refractivity (Wildman–Crippen MR) is 94.3 cm³/mol. The second kappa shape index (κ2) is 8.53. The lowest BCUT2D eigenvalue weighted by Gasteiger charge is -2.26. The number of nitrogens with two attached hydrogens (primary N) is 1. The summed E-state index contributed by atoms with van der Waals surface area (Å²) in [6.07, 6.45) is 0.402. The summed E-state index contributed by atoms with van der Waals surface area (Å²) in [4.78, 5) is 12.4. The Hall–Kier alpha value is -2.80. The molecule has 1 aliphatic heterocycles. The summed E-state index contributed by atoms with van der Waals surface area (Å²) in [6, 6.07) is 11.3. The molecule has 2 aromatic rings. The van der Waals surface area contributed by atoms with E-state index >= 15 is 0 Å². The fourth-order valence-electron chi connectivity index (χ4n) is 2.62. The molecule has 0 aromatic heterocycles.